The van der Waals surface area contributed by atoms with Crippen LogP contribution >= 0.6 is 0 Å². The molecule has 3 rings (SSSR count). The van der Waals surface area contributed by atoms with Crippen LogP contribution in [0.3, 0.4) is 0 Å². The van der Waals surface area contributed by atoms with Crippen LogP contribution in [-0.4, -0.2) is 17.8 Å². The number of unbranched alkanes of at least 4 members (excludes halogenated alkanes) is 2. The van der Waals surface area contributed by atoms with Gasteiger partial charge in [0.15, 0.2) is 0 Å². The Bertz CT molecular complexity index is 868. The van der Waals surface area contributed by atoms with Crippen molar-refractivity contribution in [3.8, 4) is 22.9 Å². The molecular formula is C30H41NO2. The van der Waals surface area contributed by atoms with Gasteiger partial charge in [-0.15, -0.1) is 0 Å². The van der Waals surface area contributed by atoms with Gasteiger partial charge in [-0.3, -0.25) is 0 Å². The van der Waals surface area contributed by atoms with E-state index < -0.39 is 0 Å². The first kappa shape index (κ1) is 25.3. The van der Waals surface area contributed by atoms with Crippen molar-refractivity contribution >= 4 is 0 Å². The van der Waals surface area contributed by atoms with Crippen LogP contribution in [0.4, 0.5) is 0 Å². The first-order valence-corrected chi connectivity index (χ1v) is 13.0. The molecule has 0 radical (unpaired) electrons. The van der Waals surface area contributed by atoms with Gasteiger partial charge >= 0.3 is 0 Å². The van der Waals surface area contributed by atoms with Crippen molar-refractivity contribution < 1.29 is 9.84 Å². The molecular weight excluding hydrogens is 406 g/mol. The number of benzene rings is 2. The Morgan fingerprint density at radius 3 is 2.33 bits per heavy atom. The maximum atomic E-state index is 9.97. The molecule has 1 aliphatic rings. The quantitative estimate of drug-likeness (QED) is 0.335. The van der Waals surface area contributed by atoms with Gasteiger partial charge in [-0.05, 0) is 79.7 Å². The minimum atomic E-state index is -0.193. The highest BCUT2D eigenvalue weighted by Crippen LogP contribution is 2.46. The summed E-state index contributed by atoms with van der Waals surface area (Å²) in [7, 11) is 0. The summed E-state index contributed by atoms with van der Waals surface area (Å²) in [6, 6.07) is 20.1. The van der Waals surface area contributed by atoms with Gasteiger partial charge in [-0.1, -0.05) is 75.9 Å². The van der Waals surface area contributed by atoms with Crippen LogP contribution in [-0.2, 0) is 0 Å². The van der Waals surface area contributed by atoms with Crippen LogP contribution in [0.2, 0.25) is 0 Å². The number of rotatable bonds is 12. The van der Waals surface area contributed by atoms with E-state index in [0.717, 1.165) is 70.0 Å². The van der Waals surface area contributed by atoms with Crippen LogP contribution in [0, 0.1) is 16.7 Å². The molecule has 0 aliphatic heterocycles. The van der Waals surface area contributed by atoms with Gasteiger partial charge in [0.05, 0.1) is 17.6 Å². The Labute approximate surface area is 200 Å². The average molecular weight is 448 g/mol. The molecule has 3 heteroatoms. The fraction of sp³-hybridized carbons (Fsp3) is 0.567. The molecule has 0 bridgehead atoms. The molecule has 0 amide bonds. The molecule has 178 valence electrons. The standard InChI is InChI=1S/C30H41NO2/c1-3-9-28(4-2)33-29-17-15-25(16-18-29)24-11-13-26(14-12-24)27-10-8-20-30(22-27,23-31)19-6-5-7-21-32/h11-18,27-28,32H,3-10,19-22H2,1-2H3. The number of nitrogens with zero attached hydrogens (tertiary/aromatic N) is 1. The predicted octanol–water partition coefficient (Wildman–Crippen LogP) is 8.03. The second kappa shape index (κ2) is 12.8. The van der Waals surface area contributed by atoms with Crippen LogP contribution in [0.25, 0.3) is 11.1 Å². The third-order valence-electron chi connectivity index (χ3n) is 7.33. The highest BCUT2D eigenvalue weighted by atomic mass is 16.5. The van der Waals surface area contributed by atoms with E-state index in [4.69, 9.17) is 9.84 Å². The van der Waals surface area contributed by atoms with Crippen molar-refractivity contribution in [3.63, 3.8) is 0 Å². The molecule has 33 heavy (non-hydrogen) atoms. The summed E-state index contributed by atoms with van der Waals surface area (Å²) in [6.07, 6.45) is 11.7. The number of ether oxygens (including phenoxy) is 1. The molecule has 3 atom stereocenters. The fourth-order valence-corrected chi connectivity index (χ4v) is 5.32. The zero-order valence-corrected chi connectivity index (χ0v) is 20.6. The SMILES string of the molecule is CCCC(CC)Oc1ccc(-c2ccc(C3CCCC(C#N)(CCCCCO)C3)cc2)cc1. The van der Waals surface area contributed by atoms with Crippen molar-refractivity contribution in [1.29, 1.82) is 5.26 Å². The molecule has 1 N–H and O–H groups in total. The van der Waals surface area contributed by atoms with E-state index in [9.17, 15) is 5.26 Å². The number of nitriles is 1. The van der Waals surface area contributed by atoms with Crippen LogP contribution in [0.1, 0.15) is 96.0 Å². The first-order chi connectivity index (χ1) is 16.1. The Balaban J connectivity index is 1.63. The Hall–Kier alpha value is -2.31. The van der Waals surface area contributed by atoms with Gasteiger partial charge in [0.1, 0.15) is 5.75 Å². The molecule has 3 unspecified atom stereocenters. The van der Waals surface area contributed by atoms with Crippen molar-refractivity contribution in [3.05, 3.63) is 54.1 Å². The van der Waals surface area contributed by atoms with Crippen molar-refractivity contribution in [1.82, 2.24) is 0 Å². The number of hydrogen-bond donors (Lipinski definition) is 1. The summed E-state index contributed by atoms with van der Waals surface area (Å²) in [5, 5.41) is 19.0. The lowest BCUT2D eigenvalue weighted by atomic mass is 9.66. The maximum absolute atomic E-state index is 9.97. The molecule has 0 heterocycles. The van der Waals surface area contributed by atoms with Crippen molar-refractivity contribution in [2.24, 2.45) is 5.41 Å². The van der Waals surface area contributed by atoms with E-state index in [1.54, 1.807) is 0 Å². The summed E-state index contributed by atoms with van der Waals surface area (Å²) >= 11 is 0. The smallest absolute Gasteiger partial charge is 0.119 e. The fourth-order valence-electron chi connectivity index (χ4n) is 5.32. The summed E-state index contributed by atoms with van der Waals surface area (Å²) in [6.45, 7) is 4.63. The third-order valence-corrected chi connectivity index (χ3v) is 7.33. The average Bonchev–Trinajstić information content (AvgIpc) is 2.87. The van der Waals surface area contributed by atoms with E-state index in [1.165, 1.54) is 23.1 Å². The zero-order chi connectivity index (χ0) is 23.5. The lowest BCUT2D eigenvalue weighted by molar-refractivity contribution is 0.186. The van der Waals surface area contributed by atoms with Gasteiger partial charge in [-0.2, -0.15) is 5.26 Å². The minimum absolute atomic E-state index is 0.193. The van der Waals surface area contributed by atoms with E-state index in [2.05, 4.69) is 68.4 Å². The summed E-state index contributed by atoms with van der Waals surface area (Å²) < 4.78 is 6.13. The highest BCUT2D eigenvalue weighted by Gasteiger charge is 2.36. The van der Waals surface area contributed by atoms with Crippen molar-refractivity contribution in [2.45, 2.75) is 96.5 Å². The van der Waals surface area contributed by atoms with Crippen LogP contribution in [0.15, 0.2) is 48.5 Å². The molecule has 0 spiro atoms. The molecule has 1 fully saturated rings. The Kier molecular flexibility index (Phi) is 9.82. The molecule has 3 nitrogen and oxygen atoms in total. The lowest BCUT2D eigenvalue weighted by Crippen LogP contribution is -2.26. The van der Waals surface area contributed by atoms with E-state index >= 15 is 0 Å². The van der Waals surface area contributed by atoms with Crippen molar-refractivity contribution in [2.75, 3.05) is 6.61 Å². The maximum Gasteiger partial charge on any atom is 0.119 e. The monoisotopic (exact) mass is 447 g/mol. The molecule has 1 aliphatic carbocycles. The molecule has 2 aromatic rings. The Morgan fingerprint density at radius 1 is 1.03 bits per heavy atom. The third kappa shape index (κ3) is 7.08. The minimum Gasteiger partial charge on any atom is -0.490 e. The Morgan fingerprint density at radius 2 is 1.73 bits per heavy atom. The molecule has 2 aromatic carbocycles. The number of aliphatic hydroxyl groups is 1. The molecule has 1 saturated carbocycles. The normalized spacial score (nSPS) is 21.3. The summed E-state index contributed by atoms with van der Waals surface area (Å²) in [4.78, 5) is 0. The van der Waals surface area contributed by atoms with Gasteiger partial charge < -0.3 is 9.84 Å². The second-order valence-corrected chi connectivity index (χ2v) is 9.80. The number of hydrogen-bond acceptors (Lipinski definition) is 3. The summed E-state index contributed by atoms with van der Waals surface area (Å²) in [5.41, 5.74) is 3.59. The molecule has 0 saturated heterocycles. The summed E-state index contributed by atoms with van der Waals surface area (Å²) in [5.74, 6) is 1.41. The van der Waals surface area contributed by atoms with Gasteiger partial charge in [0, 0.05) is 6.61 Å². The van der Waals surface area contributed by atoms with Gasteiger partial charge in [0.2, 0.25) is 0 Å². The highest BCUT2D eigenvalue weighted by molar-refractivity contribution is 5.64. The molecule has 0 aromatic heterocycles. The van der Waals surface area contributed by atoms with Gasteiger partial charge in [0.25, 0.3) is 0 Å². The van der Waals surface area contributed by atoms with Crippen LogP contribution < -0.4 is 4.74 Å². The van der Waals surface area contributed by atoms with E-state index in [-0.39, 0.29) is 12.0 Å². The van der Waals surface area contributed by atoms with E-state index in [1.807, 2.05) is 0 Å². The topological polar surface area (TPSA) is 53.2 Å². The second-order valence-electron chi connectivity index (χ2n) is 9.80. The largest absolute Gasteiger partial charge is 0.490 e. The number of aliphatic hydroxyl groups excluding tert-OH is 1. The zero-order valence-electron chi connectivity index (χ0n) is 20.6. The predicted molar refractivity (Wildman–Crippen MR) is 136 cm³/mol. The lowest BCUT2D eigenvalue weighted by Gasteiger charge is -2.36. The van der Waals surface area contributed by atoms with E-state index in [0.29, 0.717) is 12.0 Å². The van der Waals surface area contributed by atoms with Gasteiger partial charge in [-0.25, -0.2) is 0 Å². The van der Waals surface area contributed by atoms with Crippen LogP contribution in [0.5, 0.6) is 5.75 Å². The first-order valence-electron chi connectivity index (χ1n) is 13.0.